The molecule has 0 saturated carbocycles. The molecule has 3 heterocycles. The lowest BCUT2D eigenvalue weighted by molar-refractivity contribution is 0.0903. The molecule has 1 atom stereocenters. The molecule has 0 radical (unpaired) electrons. The second kappa shape index (κ2) is 6.74. The number of likely N-dealkylation sites (N-methyl/N-ethyl adjacent to an activating group) is 1. The van der Waals surface area contributed by atoms with Crippen molar-refractivity contribution in [1.82, 2.24) is 14.4 Å². The van der Waals surface area contributed by atoms with Crippen LogP contribution in [0.3, 0.4) is 0 Å². The van der Waals surface area contributed by atoms with Gasteiger partial charge in [0.2, 0.25) is 0 Å². The summed E-state index contributed by atoms with van der Waals surface area (Å²) in [6.45, 7) is 2.34. The molecule has 1 saturated heterocycles. The molecule has 6 heteroatoms. The van der Waals surface area contributed by atoms with Crippen molar-refractivity contribution in [1.29, 1.82) is 0 Å². The second-order valence-electron chi connectivity index (χ2n) is 7.98. The molecule has 5 rings (SSSR count). The molecule has 2 aliphatic heterocycles. The van der Waals surface area contributed by atoms with E-state index in [0.717, 1.165) is 18.7 Å². The summed E-state index contributed by atoms with van der Waals surface area (Å²) in [5, 5.41) is 10.3. The summed E-state index contributed by atoms with van der Waals surface area (Å²) >= 11 is 0. The maximum Gasteiger partial charge on any atom is 0.320 e. The molecule has 0 aliphatic carbocycles. The zero-order chi connectivity index (χ0) is 20.1. The quantitative estimate of drug-likeness (QED) is 0.698. The Morgan fingerprint density at radius 3 is 2.62 bits per heavy atom. The Morgan fingerprint density at radius 1 is 1.10 bits per heavy atom. The van der Waals surface area contributed by atoms with Crippen LogP contribution in [0.15, 0.2) is 48.5 Å². The van der Waals surface area contributed by atoms with Gasteiger partial charge in [0.15, 0.2) is 5.78 Å². The average molecular weight is 389 g/mol. The van der Waals surface area contributed by atoms with Crippen LogP contribution in [0.1, 0.15) is 33.1 Å². The number of aliphatic hydroxyl groups is 1. The van der Waals surface area contributed by atoms with E-state index in [2.05, 4.69) is 28.8 Å². The van der Waals surface area contributed by atoms with Crippen LogP contribution < -0.4 is 0 Å². The molecule has 1 unspecified atom stereocenters. The van der Waals surface area contributed by atoms with Crippen molar-refractivity contribution < 1.29 is 14.7 Å². The molecule has 2 aliphatic rings. The van der Waals surface area contributed by atoms with Gasteiger partial charge in [0.05, 0.1) is 6.54 Å². The number of carbonyl (C=O) groups excluding carboxylic acids is 2. The number of nitrogens with zero attached hydrogens (tertiary/aromatic N) is 3. The molecule has 6 nitrogen and oxygen atoms in total. The van der Waals surface area contributed by atoms with Gasteiger partial charge < -0.3 is 19.5 Å². The minimum atomic E-state index is -0.477. The van der Waals surface area contributed by atoms with Gasteiger partial charge in [-0.2, -0.15) is 0 Å². The van der Waals surface area contributed by atoms with Crippen LogP contribution in [-0.2, 0) is 13.1 Å². The number of rotatable bonds is 4. The summed E-state index contributed by atoms with van der Waals surface area (Å²) in [6.07, 6.45) is 0. The molecule has 1 aromatic heterocycles. The molecular formula is C23H23N3O3. The summed E-state index contributed by atoms with van der Waals surface area (Å²) in [7, 11) is 1.88. The van der Waals surface area contributed by atoms with Gasteiger partial charge in [0.1, 0.15) is 6.61 Å². The predicted molar refractivity (Wildman–Crippen MR) is 110 cm³/mol. The minimum absolute atomic E-state index is 0.0931. The third kappa shape index (κ3) is 2.83. The van der Waals surface area contributed by atoms with Crippen molar-refractivity contribution in [3.8, 4) is 0 Å². The highest BCUT2D eigenvalue weighted by atomic mass is 16.3. The third-order valence-corrected chi connectivity index (χ3v) is 6.16. The molecular weight excluding hydrogens is 366 g/mol. The lowest BCUT2D eigenvalue weighted by Crippen LogP contribution is -2.53. The fraction of sp³-hybridized carbons (Fsp3) is 0.304. The van der Waals surface area contributed by atoms with E-state index in [1.807, 2.05) is 29.0 Å². The largest absolute Gasteiger partial charge is 0.388 e. The van der Waals surface area contributed by atoms with Gasteiger partial charge in [0, 0.05) is 54.8 Å². The number of carbonyl (C=O) groups is 2. The van der Waals surface area contributed by atoms with E-state index in [0.29, 0.717) is 24.6 Å². The monoisotopic (exact) mass is 389 g/mol. The van der Waals surface area contributed by atoms with Crippen molar-refractivity contribution in [2.24, 2.45) is 0 Å². The summed E-state index contributed by atoms with van der Waals surface area (Å²) in [6, 6.07) is 16.0. The van der Waals surface area contributed by atoms with E-state index < -0.39 is 6.61 Å². The number of amides is 2. The van der Waals surface area contributed by atoms with Crippen molar-refractivity contribution >= 4 is 22.7 Å². The highest BCUT2D eigenvalue weighted by molar-refractivity contribution is 5.96. The Morgan fingerprint density at radius 2 is 1.86 bits per heavy atom. The number of aromatic nitrogens is 1. The third-order valence-electron chi connectivity index (χ3n) is 6.16. The van der Waals surface area contributed by atoms with Gasteiger partial charge >= 0.3 is 6.03 Å². The molecule has 1 fully saturated rings. The Balaban J connectivity index is 1.59. The van der Waals surface area contributed by atoms with E-state index in [-0.39, 0.29) is 11.8 Å². The maximum absolute atomic E-state index is 12.6. The Bertz CT molecular complexity index is 1120. The first-order valence-electron chi connectivity index (χ1n) is 9.90. The molecule has 148 valence electrons. The van der Waals surface area contributed by atoms with E-state index >= 15 is 0 Å². The molecule has 2 bridgehead atoms. The molecule has 29 heavy (non-hydrogen) atoms. The van der Waals surface area contributed by atoms with Gasteiger partial charge in [-0.05, 0) is 17.2 Å². The topological polar surface area (TPSA) is 65.8 Å². The number of hydrogen-bond acceptors (Lipinski definition) is 3. The van der Waals surface area contributed by atoms with Gasteiger partial charge in [0.25, 0.3) is 0 Å². The molecule has 1 N–H and O–H groups in total. The zero-order valence-electron chi connectivity index (χ0n) is 16.3. The van der Waals surface area contributed by atoms with Gasteiger partial charge in [-0.3, -0.25) is 4.79 Å². The van der Waals surface area contributed by atoms with Crippen LogP contribution >= 0.6 is 0 Å². The predicted octanol–water partition coefficient (Wildman–Crippen LogP) is 2.83. The Labute approximate surface area is 168 Å². The fourth-order valence-electron chi connectivity index (χ4n) is 4.81. The highest BCUT2D eigenvalue weighted by Crippen LogP contribution is 2.40. The normalized spacial score (nSPS) is 18.3. The maximum atomic E-state index is 12.6. The van der Waals surface area contributed by atoms with Crippen molar-refractivity contribution in [2.45, 2.75) is 19.0 Å². The number of fused-ring (bicyclic) bond motifs is 6. The smallest absolute Gasteiger partial charge is 0.320 e. The minimum Gasteiger partial charge on any atom is -0.388 e. The SMILES string of the molecule is CN1CC2CN(Cc3c2c2ccccc2n3Cc2ccc(C(=O)CO)cc2)C1=O. The van der Waals surface area contributed by atoms with Crippen molar-refractivity contribution in [3.63, 3.8) is 0 Å². The van der Waals surface area contributed by atoms with Crippen LogP contribution in [0, 0.1) is 0 Å². The number of Topliss-reactive ketones (excluding diaryl/α,β-unsaturated/α-hetero) is 1. The van der Waals surface area contributed by atoms with Crippen LogP contribution in [0.5, 0.6) is 0 Å². The second-order valence-corrected chi connectivity index (χ2v) is 7.98. The van der Waals surface area contributed by atoms with Crippen LogP contribution in [0.2, 0.25) is 0 Å². The first kappa shape index (κ1) is 17.9. The molecule has 2 aromatic carbocycles. The van der Waals surface area contributed by atoms with Crippen LogP contribution in [-0.4, -0.2) is 58.0 Å². The summed E-state index contributed by atoms with van der Waals surface area (Å²) < 4.78 is 2.31. The van der Waals surface area contributed by atoms with E-state index in [1.54, 1.807) is 12.1 Å². The first-order chi connectivity index (χ1) is 14.1. The summed E-state index contributed by atoms with van der Waals surface area (Å²) in [5.74, 6) is 0.0424. The van der Waals surface area contributed by atoms with Gasteiger partial charge in [-0.15, -0.1) is 0 Å². The number of aliphatic hydroxyl groups excluding tert-OH is 1. The first-order valence-corrected chi connectivity index (χ1v) is 9.90. The van der Waals surface area contributed by atoms with Gasteiger partial charge in [-0.1, -0.05) is 42.5 Å². The Hall–Kier alpha value is -3.12. The Kier molecular flexibility index (Phi) is 4.17. The number of ketones is 1. The van der Waals surface area contributed by atoms with Crippen molar-refractivity contribution in [2.75, 3.05) is 26.7 Å². The van der Waals surface area contributed by atoms with E-state index in [4.69, 9.17) is 5.11 Å². The van der Waals surface area contributed by atoms with Crippen LogP contribution in [0.4, 0.5) is 4.79 Å². The fourth-order valence-corrected chi connectivity index (χ4v) is 4.81. The number of benzene rings is 2. The zero-order valence-corrected chi connectivity index (χ0v) is 16.3. The van der Waals surface area contributed by atoms with E-state index in [9.17, 15) is 9.59 Å². The lowest BCUT2D eigenvalue weighted by atomic mass is 9.90. The van der Waals surface area contributed by atoms with Crippen LogP contribution in [0.25, 0.3) is 10.9 Å². The average Bonchev–Trinajstić information content (AvgIpc) is 3.06. The van der Waals surface area contributed by atoms with E-state index in [1.165, 1.54) is 22.2 Å². The number of para-hydroxylation sites is 1. The number of hydrogen-bond donors (Lipinski definition) is 1. The summed E-state index contributed by atoms with van der Waals surface area (Å²) in [4.78, 5) is 28.0. The highest BCUT2D eigenvalue weighted by Gasteiger charge is 2.38. The van der Waals surface area contributed by atoms with Crippen molar-refractivity contribution in [3.05, 3.63) is 70.9 Å². The molecule has 2 amide bonds. The molecule has 0 spiro atoms. The number of urea groups is 1. The standard InChI is InChI=1S/C23H23N3O3/c1-24-11-17-12-25(23(24)29)13-20-22(17)18-4-2-3-5-19(18)26(20)10-15-6-8-16(9-7-15)21(28)14-27/h2-9,17,27H,10-14H2,1H3. The van der Waals surface area contributed by atoms with Gasteiger partial charge in [-0.25, -0.2) is 4.79 Å². The lowest BCUT2D eigenvalue weighted by Gasteiger charge is -2.42. The summed E-state index contributed by atoms with van der Waals surface area (Å²) in [5.41, 5.74) is 5.35. The molecule has 3 aromatic rings.